The topological polar surface area (TPSA) is 3.24 Å². The second kappa shape index (κ2) is 6.81. The standard InChI is InChI=1S/C15H21BrClN/c1-2-12-4-3-8-18(9-7-12)15-6-5-13(11-16)10-14(15)17/h5-6,10,12H,2-4,7-9,11H2,1H3. The Morgan fingerprint density at radius 3 is 2.83 bits per heavy atom. The molecule has 0 aliphatic carbocycles. The molecule has 1 fully saturated rings. The zero-order valence-corrected chi connectivity index (χ0v) is 13.3. The van der Waals surface area contributed by atoms with Crippen LogP contribution in [0.1, 0.15) is 38.2 Å². The van der Waals surface area contributed by atoms with Crippen molar-refractivity contribution in [1.82, 2.24) is 0 Å². The zero-order valence-electron chi connectivity index (χ0n) is 11.0. The monoisotopic (exact) mass is 329 g/mol. The third-order valence-corrected chi connectivity index (χ3v) is 4.88. The average molecular weight is 331 g/mol. The highest BCUT2D eigenvalue weighted by molar-refractivity contribution is 9.08. The molecule has 2 rings (SSSR count). The minimum Gasteiger partial charge on any atom is -0.370 e. The first kappa shape index (κ1) is 14.2. The van der Waals surface area contributed by atoms with Crippen LogP contribution in [0.2, 0.25) is 5.02 Å². The molecular formula is C15H21BrClN. The van der Waals surface area contributed by atoms with Gasteiger partial charge in [0.2, 0.25) is 0 Å². The molecule has 18 heavy (non-hydrogen) atoms. The van der Waals surface area contributed by atoms with Crippen molar-refractivity contribution < 1.29 is 0 Å². The fourth-order valence-corrected chi connectivity index (χ4v) is 3.38. The molecule has 3 heteroatoms. The van der Waals surface area contributed by atoms with Gasteiger partial charge in [0, 0.05) is 18.4 Å². The Balaban J connectivity index is 2.11. The van der Waals surface area contributed by atoms with Gasteiger partial charge < -0.3 is 4.90 Å². The largest absolute Gasteiger partial charge is 0.370 e. The summed E-state index contributed by atoms with van der Waals surface area (Å²) in [7, 11) is 0. The maximum atomic E-state index is 6.40. The number of nitrogens with zero attached hydrogens (tertiary/aromatic N) is 1. The number of anilines is 1. The first-order chi connectivity index (χ1) is 8.74. The summed E-state index contributed by atoms with van der Waals surface area (Å²) in [6.45, 7) is 4.59. The predicted octanol–water partition coefficient (Wildman–Crippen LogP) is 5.25. The summed E-state index contributed by atoms with van der Waals surface area (Å²) in [5.41, 5.74) is 2.45. The molecule has 1 saturated heterocycles. The van der Waals surface area contributed by atoms with Crippen LogP contribution in [0.4, 0.5) is 5.69 Å². The van der Waals surface area contributed by atoms with Crippen LogP contribution in [0.3, 0.4) is 0 Å². The lowest BCUT2D eigenvalue weighted by atomic mass is 9.98. The summed E-state index contributed by atoms with van der Waals surface area (Å²) in [5.74, 6) is 0.899. The first-order valence-corrected chi connectivity index (χ1v) is 8.34. The molecule has 1 aromatic carbocycles. The van der Waals surface area contributed by atoms with Crippen molar-refractivity contribution in [3.8, 4) is 0 Å². The number of alkyl halides is 1. The summed E-state index contributed by atoms with van der Waals surface area (Å²) in [6, 6.07) is 6.41. The van der Waals surface area contributed by atoms with E-state index in [0.29, 0.717) is 0 Å². The highest BCUT2D eigenvalue weighted by Crippen LogP contribution is 2.31. The van der Waals surface area contributed by atoms with Crippen LogP contribution in [0, 0.1) is 5.92 Å². The Morgan fingerprint density at radius 2 is 2.17 bits per heavy atom. The van der Waals surface area contributed by atoms with Crippen molar-refractivity contribution in [3.63, 3.8) is 0 Å². The van der Waals surface area contributed by atoms with Crippen LogP contribution in [-0.2, 0) is 5.33 Å². The van der Waals surface area contributed by atoms with Crippen LogP contribution < -0.4 is 4.90 Å². The lowest BCUT2D eigenvalue weighted by molar-refractivity contribution is 0.459. The lowest BCUT2D eigenvalue weighted by Crippen LogP contribution is -2.24. The van der Waals surface area contributed by atoms with Gasteiger partial charge in [-0.25, -0.2) is 0 Å². The fraction of sp³-hybridized carbons (Fsp3) is 0.600. The van der Waals surface area contributed by atoms with Crippen LogP contribution in [-0.4, -0.2) is 13.1 Å². The molecule has 0 N–H and O–H groups in total. The van der Waals surface area contributed by atoms with Crippen molar-refractivity contribution in [2.24, 2.45) is 5.92 Å². The fourth-order valence-electron chi connectivity index (χ4n) is 2.70. The second-order valence-electron chi connectivity index (χ2n) is 5.11. The van der Waals surface area contributed by atoms with Crippen LogP contribution in [0.15, 0.2) is 18.2 Å². The molecule has 100 valence electrons. The molecular weight excluding hydrogens is 310 g/mol. The maximum absolute atomic E-state index is 6.40. The van der Waals surface area contributed by atoms with E-state index in [-0.39, 0.29) is 0 Å². The summed E-state index contributed by atoms with van der Waals surface area (Å²) in [5, 5.41) is 1.76. The van der Waals surface area contributed by atoms with E-state index in [0.717, 1.165) is 29.4 Å². The Kier molecular flexibility index (Phi) is 5.38. The van der Waals surface area contributed by atoms with E-state index in [1.54, 1.807) is 0 Å². The van der Waals surface area contributed by atoms with Gasteiger partial charge in [-0.15, -0.1) is 0 Å². The highest BCUT2D eigenvalue weighted by Gasteiger charge is 2.17. The number of benzene rings is 1. The van der Waals surface area contributed by atoms with Gasteiger partial charge in [0.05, 0.1) is 10.7 Å². The minimum absolute atomic E-state index is 0.866. The van der Waals surface area contributed by atoms with Crippen molar-refractivity contribution in [1.29, 1.82) is 0 Å². The van der Waals surface area contributed by atoms with Gasteiger partial charge in [0.25, 0.3) is 0 Å². The maximum Gasteiger partial charge on any atom is 0.0642 e. The summed E-state index contributed by atoms with van der Waals surface area (Å²) >= 11 is 9.87. The quantitative estimate of drug-likeness (QED) is 0.684. The van der Waals surface area contributed by atoms with Gasteiger partial charge in [-0.1, -0.05) is 46.9 Å². The van der Waals surface area contributed by atoms with E-state index >= 15 is 0 Å². The van der Waals surface area contributed by atoms with Gasteiger partial charge in [-0.05, 0) is 42.9 Å². The molecule has 0 radical (unpaired) electrons. The average Bonchev–Trinajstić information content (AvgIpc) is 2.63. The number of hydrogen-bond donors (Lipinski definition) is 0. The second-order valence-corrected chi connectivity index (χ2v) is 6.08. The van der Waals surface area contributed by atoms with Crippen molar-refractivity contribution in [3.05, 3.63) is 28.8 Å². The predicted molar refractivity (Wildman–Crippen MR) is 83.9 cm³/mol. The minimum atomic E-state index is 0.866. The third kappa shape index (κ3) is 3.42. The van der Waals surface area contributed by atoms with Gasteiger partial charge in [-0.2, -0.15) is 0 Å². The molecule has 0 spiro atoms. The van der Waals surface area contributed by atoms with E-state index < -0.39 is 0 Å². The van der Waals surface area contributed by atoms with Crippen LogP contribution in [0.25, 0.3) is 0 Å². The van der Waals surface area contributed by atoms with Crippen LogP contribution in [0.5, 0.6) is 0 Å². The van der Waals surface area contributed by atoms with Gasteiger partial charge >= 0.3 is 0 Å². The van der Waals surface area contributed by atoms with Crippen molar-refractivity contribution in [2.45, 2.75) is 37.9 Å². The molecule has 0 saturated carbocycles. The molecule has 0 bridgehead atoms. The SMILES string of the molecule is CCC1CCCN(c2ccc(CBr)cc2Cl)CC1. The molecule has 1 unspecified atom stereocenters. The summed E-state index contributed by atoms with van der Waals surface area (Å²) < 4.78 is 0. The van der Waals surface area contributed by atoms with E-state index in [2.05, 4.69) is 46.0 Å². The summed E-state index contributed by atoms with van der Waals surface area (Å²) in [6.07, 6.45) is 5.26. The normalized spacial score (nSPS) is 20.8. The van der Waals surface area contributed by atoms with Crippen LogP contribution >= 0.6 is 27.5 Å². The Morgan fingerprint density at radius 1 is 1.33 bits per heavy atom. The molecule has 1 aliphatic heterocycles. The molecule has 1 aliphatic rings. The Hall–Kier alpha value is -0.210. The van der Waals surface area contributed by atoms with Gasteiger partial charge in [0.1, 0.15) is 0 Å². The first-order valence-electron chi connectivity index (χ1n) is 6.84. The third-order valence-electron chi connectivity index (χ3n) is 3.93. The molecule has 1 nitrogen and oxygen atoms in total. The Bertz CT molecular complexity index is 394. The van der Waals surface area contributed by atoms with Gasteiger partial charge in [-0.3, -0.25) is 0 Å². The molecule has 0 amide bonds. The number of halogens is 2. The van der Waals surface area contributed by atoms with Crippen molar-refractivity contribution in [2.75, 3.05) is 18.0 Å². The Labute approximate surface area is 124 Å². The van der Waals surface area contributed by atoms with E-state index in [1.807, 2.05) is 0 Å². The molecule has 1 heterocycles. The van der Waals surface area contributed by atoms with Gasteiger partial charge in [0.15, 0.2) is 0 Å². The smallest absolute Gasteiger partial charge is 0.0642 e. The number of rotatable bonds is 3. The van der Waals surface area contributed by atoms with E-state index in [1.165, 1.54) is 36.9 Å². The lowest BCUT2D eigenvalue weighted by Gasteiger charge is -2.24. The number of hydrogen-bond acceptors (Lipinski definition) is 1. The van der Waals surface area contributed by atoms with Crippen molar-refractivity contribution >= 4 is 33.2 Å². The highest BCUT2D eigenvalue weighted by atomic mass is 79.9. The molecule has 1 atom stereocenters. The van der Waals surface area contributed by atoms with E-state index in [4.69, 9.17) is 11.6 Å². The van der Waals surface area contributed by atoms with E-state index in [9.17, 15) is 0 Å². The molecule has 0 aromatic heterocycles. The summed E-state index contributed by atoms with van der Waals surface area (Å²) in [4.78, 5) is 2.45. The zero-order chi connectivity index (χ0) is 13.0. The molecule has 1 aromatic rings.